The molecule has 0 bridgehead atoms. The zero-order valence-corrected chi connectivity index (χ0v) is 15.6. The Morgan fingerprint density at radius 2 is 2.00 bits per heavy atom. The quantitative estimate of drug-likeness (QED) is 0.685. The third kappa shape index (κ3) is 4.09. The maximum atomic E-state index is 14.1. The summed E-state index contributed by atoms with van der Waals surface area (Å²) in [5, 5.41) is 0. The second-order valence-electron chi connectivity index (χ2n) is 7.14. The predicted octanol–water partition coefficient (Wildman–Crippen LogP) is 4.23. The Kier molecular flexibility index (Phi) is 5.42. The molecule has 1 aromatic carbocycles. The van der Waals surface area contributed by atoms with Gasteiger partial charge in [0.2, 0.25) is 5.91 Å². The van der Waals surface area contributed by atoms with Crippen LogP contribution in [-0.2, 0) is 11.2 Å². The van der Waals surface area contributed by atoms with Crippen molar-refractivity contribution in [2.45, 2.75) is 25.2 Å². The second-order valence-corrected chi connectivity index (χ2v) is 7.14. The average molecular weight is 375 g/mol. The number of likely N-dealkylation sites (tertiary alicyclic amines) is 1. The number of piperidine rings is 1. The lowest BCUT2D eigenvalue weighted by molar-refractivity contribution is -0.131. The summed E-state index contributed by atoms with van der Waals surface area (Å²) in [7, 11) is 0. The molecule has 1 amide bonds. The van der Waals surface area contributed by atoms with Gasteiger partial charge in [0.25, 0.3) is 0 Å². The van der Waals surface area contributed by atoms with Gasteiger partial charge in [0.15, 0.2) is 0 Å². The van der Waals surface area contributed by atoms with Gasteiger partial charge in [-0.25, -0.2) is 4.39 Å². The molecule has 1 saturated heterocycles. The van der Waals surface area contributed by atoms with Crippen LogP contribution in [0.4, 0.5) is 4.39 Å². The molecule has 0 radical (unpaired) electrons. The van der Waals surface area contributed by atoms with Gasteiger partial charge in [-0.05, 0) is 48.7 Å². The highest BCUT2D eigenvalue weighted by Gasteiger charge is 2.26. The minimum atomic E-state index is -0.274. The molecule has 0 aliphatic carbocycles. The highest BCUT2D eigenvalue weighted by atomic mass is 19.1. The molecular formula is C23H22FN3O. The van der Waals surface area contributed by atoms with Crippen LogP contribution >= 0.6 is 0 Å². The van der Waals surface area contributed by atoms with E-state index in [0.29, 0.717) is 24.2 Å². The van der Waals surface area contributed by atoms with Gasteiger partial charge in [-0.3, -0.25) is 14.8 Å². The van der Waals surface area contributed by atoms with E-state index in [1.165, 1.54) is 6.07 Å². The molecular weight excluding hydrogens is 353 g/mol. The molecule has 1 atom stereocenters. The number of amides is 1. The van der Waals surface area contributed by atoms with Crippen molar-refractivity contribution in [3.05, 3.63) is 84.1 Å². The topological polar surface area (TPSA) is 46.1 Å². The molecule has 5 heteroatoms. The SMILES string of the molecule is O=C(Cc1cccnc1)N1CCCC(c2cccc(-c3ccccc3F)n2)C1. The van der Waals surface area contributed by atoms with Crippen molar-refractivity contribution in [1.29, 1.82) is 0 Å². The van der Waals surface area contributed by atoms with Crippen molar-refractivity contribution in [3.8, 4) is 11.3 Å². The van der Waals surface area contributed by atoms with Crippen LogP contribution in [0.1, 0.15) is 30.0 Å². The molecule has 3 aromatic rings. The summed E-state index contributed by atoms with van der Waals surface area (Å²) in [5.41, 5.74) is 2.98. The van der Waals surface area contributed by atoms with Crippen molar-refractivity contribution in [3.63, 3.8) is 0 Å². The normalized spacial score (nSPS) is 16.8. The zero-order valence-electron chi connectivity index (χ0n) is 15.6. The van der Waals surface area contributed by atoms with E-state index in [1.54, 1.807) is 24.5 Å². The van der Waals surface area contributed by atoms with E-state index < -0.39 is 0 Å². The summed E-state index contributed by atoms with van der Waals surface area (Å²) in [5.74, 6) is 0.00495. The Balaban J connectivity index is 1.50. The Morgan fingerprint density at radius 3 is 2.82 bits per heavy atom. The first kappa shape index (κ1) is 18.3. The lowest BCUT2D eigenvalue weighted by atomic mass is 9.93. The van der Waals surface area contributed by atoms with Gasteiger partial charge in [0.05, 0.1) is 12.1 Å². The molecule has 1 aliphatic rings. The van der Waals surface area contributed by atoms with Gasteiger partial charge >= 0.3 is 0 Å². The van der Waals surface area contributed by atoms with Crippen LogP contribution in [-0.4, -0.2) is 33.9 Å². The number of hydrogen-bond acceptors (Lipinski definition) is 3. The molecule has 3 heterocycles. The number of halogens is 1. The van der Waals surface area contributed by atoms with E-state index >= 15 is 0 Å². The summed E-state index contributed by atoms with van der Waals surface area (Å²) < 4.78 is 14.1. The summed E-state index contributed by atoms with van der Waals surface area (Å²) in [6, 6.07) is 16.2. The van der Waals surface area contributed by atoms with Crippen LogP contribution in [0.2, 0.25) is 0 Å². The molecule has 1 aliphatic heterocycles. The number of aromatic nitrogens is 2. The lowest BCUT2D eigenvalue weighted by Crippen LogP contribution is -2.40. The van der Waals surface area contributed by atoms with Crippen LogP contribution in [0, 0.1) is 5.82 Å². The van der Waals surface area contributed by atoms with Crippen LogP contribution in [0.15, 0.2) is 67.0 Å². The van der Waals surface area contributed by atoms with E-state index in [0.717, 1.165) is 30.6 Å². The van der Waals surface area contributed by atoms with E-state index in [-0.39, 0.29) is 17.6 Å². The Hall–Kier alpha value is -3.08. The standard InChI is InChI=1S/C23H22FN3O/c24-20-9-2-1-8-19(20)22-11-3-10-21(26-22)18-7-5-13-27(16-18)23(28)14-17-6-4-12-25-15-17/h1-4,6,8-12,15,18H,5,7,13-14,16H2. The van der Waals surface area contributed by atoms with Gasteiger partial charge in [-0.2, -0.15) is 0 Å². The summed E-state index contributed by atoms with van der Waals surface area (Å²) in [4.78, 5) is 23.4. The monoisotopic (exact) mass is 375 g/mol. The van der Waals surface area contributed by atoms with Gasteiger partial charge in [0.1, 0.15) is 5.82 Å². The first-order valence-electron chi connectivity index (χ1n) is 9.59. The zero-order chi connectivity index (χ0) is 19.3. The molecule has 0 N–H and O–H groups in total. The van der Waals surface area contributed by atoms with Crippen molar-refractivity contribution in [2.24, 2.45) is 0 Å². The van der Waals surface area contributed by atoms with Crippen molar-refractivity contribution >= 4 is 5.91 Å². The van der Waals surface area contributed by atoms with E-state index in [2.05, 4.69) is 4.98 Å². The Morgan fingerprint density at radius 1 is 1.11 bits per heavy atom. The average Bonchev–Trinajstić information content (AvgIpc) is 2.75. The summed E-state index contributed by atoms with van der Waals surface area (Å²) in [6.45, 7) is 1.41. The van der Waals surface area contributed by atoms with Crippen molar-refractivity contribution in [1.82, 2.24) is 14.9 Å². The maximum Gasteiger partial charge on any atom is 0.227 e. The van der Waals surface area contributed by atoms with Crippen molar-refractivity contribution in [2.75, 3.05) is 13.1 Å². The molecule has 1 unspecified atom stereocenters. The number of hydrogen-bond donors (Lipinski definition) is 0. The smallest absolute Gasteiger partial charge is 0.227 e. The number of carbonyl (C=O) groups is 1. The molecule has 28 heavy (non-hydrogen) atoms. The molecule has 2 aromatic heterocycles. The molecule has 1 fully saturated rings. The lowest BCUT2D eigenvalue weighted by Gasteiger charge is -2.32. The number of rotatable bonds is 4. The van der Waals surface area contributed by atoms with Gasteiger partial charge < -0.3 is 4.90 Å². The van der Waals surface area contributed by atoms with Crippen LogP contribution in [0.5, 0.6) is 0 Å². The summed E-state index contributed by atoms with van der Waals surface area (Å²) >= 11 is 0. The predicted molar refractivity (Wildman–Crippen MR) is 106 cm³/mol. The van der Waals surface area contributed by atoms with Crippen LogP contribution < -0.4 is 0 Å². The minimum Gasteiger partial charge on any atom is -0.342 e. The van der Waals surface area contributed by atoms with E-state index in [9.17, 15) is 9.18 Å². The second kappa shape index (κ2) is 8.30. The third-order valence-corrected chi connectivity index (χ3v) is 5.19. The Bertz CT molecular complexity index is 961. The van der Waals surface area contributed by atoms with E-state index in [4.69, 9.17) is 4.98 Å². The first-order chi connectivity index (χ1) is 13.7. The van der Waals surface area contributed by atoms with Crippen molar-refractivity contribution < 1.29 is 9.18 Å². The molecule has 0 saturated carbocycles. The highest BCUT2D eigenvalue weighted by Crippen LogP contribution is 2.28. The van der Waals surface area contributed by atoms with Gasteiger partial charge in [0, 0.05) is 42.7 Å². The fourth-order valence-electron chi connectivity index (χ4n) is 3.73. The molecule has 4 nitrogen and oxygen atoms in total. The maximum absolute atomic E-state index is 14.1. The number of nitrogens with zero attached hydrogens (tertiary/aromatic N) is 3. The fraction of sp³-hybridized carbons (Fsp3) is 0.261. The third-order valence-electron chi connectivity index (χ3n) is 5.19. The Labute approximate surface area is 164 Å². The molecule has 4 rings (SSSR count). The summed E-state index contributed by atoms with van der Waals surface area (Å²) in [6.07, 6.45) is 5.72. The van der Waals surface area contributed by atoms with Gasteiger partial charge in [-0.1, -0.05) is 24.3 Å². The number of carbonyl (C=O) groups excluding carboxylic acids is 1. The molecule has 142 valence electrons. The highest BCUT2D eigenvalue weighted by molar-refractivity contribution is 5.78. The minimum absolute atomic E-state index is 0.114. The van der Waals surface area contributed by atoms with Crippen LogP contribution in [0.3, 0.4) is 0 Å². The molecule has 0 spiro atoms. The largest absolute Gasteiger partial charge is 0.342 e. The van der Waals surface area contributed by atoms with Crippen LogP contribution in [0.25, 0.3) is 11.3 Å². The van der Waals surface area contributed by atoms with E-state index in [1.807, 2.05) is 41.3 Å². The fourth-order valence-corrected chi connectivity index (χ4v) is 3.73. The number of pyridine rings is 2. The van der Waals surface area contributed by atoms with Gasteiger partial charge in [-0.15, -0.1) is 0 Å². The number of benzene rings is 1. The first-order valence-corrected chi connectivity index (χ1v) is 9.59.